The summed E-state index contributed by atoms with van der Waals surface area (Å²) in [5, 5.41) is 19.0. The van der Waals surface area contributed by atoms with Gasteiger partial charge in [-0.2, -0.15) is 0 Å². The summed E-state index contributed by atoms with van der Waals surface area (Å²) in [7, 11) is 1.17. The zero-order chi connectivity index (χ0) is 16.4. The van der Waals surface area contributed by atoms with Crippen molar-refractivity contribution >= 4 is 35.0 Å². The highest BCUT2D eigenvalue weighted by Crippen LogP contribution is 2.40. The quantitative estimate of drug-likeness (QED) is 0.385. The van der Waals surface area contributed by atoms with E-state index in [1.165, 1.54) is 17.9 Å². The minimum Gasteiger partial charge on any atom is -0.465 e. The Morgan fingerprint density at radius 2 is 2.18 bits per heavy atom. The highest BCUT2D eigenvalue weighted by molar-refractivity contribution is 7.99. The van der Waals surface area contributed by atoms with Crippen molar-refractivity contribution in [3.8, 4) is 0 Å². The number of carbonyl (C=O) groups excluding carboxylic acids is 1. The molecule has 0 bridgehead atoms. The molecule has 2 aromatic rings. The van der Waals surface area contributed by atoms with E-state index in [2.05, 4.69) is 14.9 Å². The van der Waals surface area contributed by atoms with E-state index in [-0.39, 0.29) is 26.3 Å². The summed E-state index contributed by atoms with van der Waals surface area (Å²) in [6, 6.07) is 2.37. The first-order valence-electron chi connectivity index (χ1n) is 5.76. The summed E-state index contributed by atoms with van der Waals surface area (Å²) in [5.41, 5.74) is -0.368. The van der Waals surface area contributed by atoms with Crippen molar-refractivity contribution in [1.82, 2.24) is 14.9 Å². The number of ether oxygens (including phenoxy) is 1. The number of nitrogen functional groups attached to an aromatic ring is 1. The highest BCUT2D eigenvalue weighted by atomic mass is 35.5. The first-order valence-corrected chi connectivity index (χ1v) is 6.95. The Morgan fingerprint density at radius 3 is 2.68 bits per heavy atom. The molecule has 2 rings (SSSR count). The first kappa shape index (κ1) is 16.0. The van der Waals surface area contributed by atoms with Gasteiger partial charge in [-0.1, -0.05) is 11.6 Å². The monoisotopic (exact) mass is 343 g/mol. The van der Waals surface area contributed by atoms with E-state index >= 15 is 0 Å². The lowest BCUT2D eigenvalue weighted by molar-refractivity contribution is -0.387. The van der Waals surface area contributed by atoms with Crippen LogP contribution in [-0.4, -0.2) is 32.9 Å². The van der Waals surface area contributed by atoms with Crippen LogP contribution in [0.1, 0.15) is 16.2 Å². The molecule has 2 N–H and O–H groups in total. The summed E-state index contributed by atoms with van der Waals surface area (Å²) in [6.07, 6.45) is 0. The topological polar surface area (TPSA) is 126 Å². The Labute approximate surface area is 133 Å². The molecule has 0 aliphatic carbocycles. The van der Waals surface area contributed by atoms with Crippen LogP contribution in [0.25, 0.3) is 0 Å². The van der Waals surface area contributed by atoms with Crippen LogP contribution >= 0.6 is 23.4 Å². The van der Waals surface area contributed by atoms with E-state index in [4.69, 9.17) is 17.4 Å². The number of hydrogen-bond acceptors (Lipinski definition) is 8. The zero-order valence-electron chi connectivity index (χ0n) is 11.4. The van der Waals surface area contributed by atoms with Crippen molar-refractivity contribution in [2.24, 2.45) is 0 Å². The molecule has 0 saturated carbocycles. The largest absolute Gasteiger partial charge is 0.465 e. The van der Waals surface area contributed by atoms with Gasteiger partial charge >= 0.3 is 5.97 Å². The maximum absolute atomic E-state index is 11.5. The average Bonchev–Trinajstić information content (AvgIpc) is 2.79. The fourth-order valence-corrected chi connectivity index (χ4v) is 2.78. The molecule has 0 fully saturated rings. The molecule has 116 valence electrons. The Kier molecular flexibility index (Phi) is 4.52. The number of hydrogen-bond donors (Lipinski definition) is 1. The predicted molar refractivity (Wildman–Crippen MR) is 78.5 cm³/mol. The van der Waals surface area contributed by atoms with Gasteiger partial charge in [-0.15, -0.1) is 10.2 Å². The predicted octanol–water partition coefficient (Wildman–Crippen LogP) is 1.80. The number of nitro benzene ring substituents is 1. The van der Waals surface area contributed by atoms with Crippen molar-refractivity contribution in [3.63, 3.8) is 0 Å². The second kappa shape index (κ2) is 6.20. The number of nitro groups is 1. The lowest BCUT2D eigenvalue weighted by Gasteiger charge is -2.07. The van der Waals surface area contributed by atoms with Crippen LogP contribution in [0.4, 0.5) is 5.69 Å². The number of aromatic nitrogens is 3. The standard InChI is InChI=1S/C11H10ClN5O4S/c1-5-14-15-11(16(5)13)22-9-7(12)3-6(10(18)21-2)4-8(9)17(19)20/h3-4H,13H2,1-2H3. The molecule has 0 unspecified atom stereocenters. The third kappa shape index (κ3) is 2.97. The molecule has 1 heterocycles. The van der Waals surface area contributed by atoms with E-state index in [0.717, 1.165) is 17.8 Å². The number of carbonyl (C=O) groups is 1. The van der Waals surface area contributed by atoms with Crippen LogP contribution in [0.15, 0.2) is 22.2 Å². The second-order valence-corrected chi connectivity index (χ2v) is 5.44. The molecule has 0 spiro atoms. The Morgan fingerprint density at radius 1 is 1.50 bits per heavy atom. The van der Waals surface area contributed by atoms with Gasteiger partial charge in [0.2, 0.25) is 5.16 Å². The molecule has 1 aromatic carbocycles. The number of nitrogens with two attached hydrogens (primary N) is 1. The van der Waals surface area contributed by atoms with Gasteiger partial charge in [-0.25, -0.2) is 9.47 Å². The van der Waals surface area contributed by atoms with Gasteiger partial charge in [-0.3, -0.25) is 10.1 Å². The van der Waals surface area contributed by atoms with Gasteiger partial charge in [-0.05, 0) is 24.8 Å². The SMILES string of the molecule is COC(=O)c1cc(Cl)c(Sc2nnc(C)n2N)c([N+](=O)[O-])c1. The zero-order valence-corrected chi connectivity index (χ0v) is 13.0. The van der Waals surface area contributed by atoms with Crippen molar-refractivity contribution in [2.45, 2.75) is 17.0 Å². The lowest BCUT2D eigenvalue weighted by atomic mass is 10.2. The fourth-order valence-electron chi connectivity index (χ4n) is 1.56. The Balaban J connectivity index is 2.53. The number of aryl methyl sites for hydroxylation is 1. The molecular weight excluding hydrogens is 334 g/mol. The van der Waals surface area contributed by atoms with E-state index in [1.54, 1.807) is 6.92 Å². The molecule has 11 heteroatoms. The van der Waals surface area contributed by atoms with Crippen molar-refractivity contribution in [1.29, 1.82) is 0 Å². The van der Waals surface area contributed by atoms with Crippen LogP contribution in [0, 0.1) is 17.0 Å². The summed E-state index contributed by atoms with van der Waals surface area (Å²) in [4.78, 5) is 22.2. The number of rotatable bonds is 4. The number of benzene rings is 1. The van der Waals surface area contributed by atoms with E-state index in [1.807, 2.05) is 0 Å². The third-order valence-electron chi connectivity index (χ3n) is 2.67. The van der Waals surface area contributed by atoms with Gasteiger partial charge in [0.1, 0.15) is 10.7 Å². The number of halogens is 1. The number of nitrogens with zero attached hydrogens (tertiary/aromatic N) is 4. The maximum atomic E-state index is 11.5. The van der Waals surface area contributed by atoms with E-state index in [0.29, 0.717) is 5.82 Å². The summed E-state index contributed by atoms with van der Waals surface area (Å²) in [6.45, 7) is 1.63. The van der Waals surface area contributed by atoms with Gasteiger partial charge in [0, 0.05) is 6.07 Å². The minimum absolute atomic E-state index is 0.0141. The maximum Gasteiger partial charge on any atom is 0.338 e. The molecule has 0 radical (unpaired) electrons. The summed E-state index contributed by atoms with van der Waals surface area (Å²) >= 11 is 6.94. The van der Waals surface area contributed by atoms with Crippen LogP contribution in [-0.2, 0) is 4.74 Å². The van der Waals surface area contributed by atoms with Crippen LogP contribution < -0.4 is 5.84 Å². The molecule has 0 amide bonds. The molecule has 0 atom stereocenters. The fraction of sp³-hybridized carbons (Fsp3) is 0.182. The van der Waals surface area contributed by atoms with Crippen LogP contribution in [0.5, 0.6) is 0 Å². The third-order valence-corrected chi connectivity index (χ3v) is 4.17. The second-order valence-electron chi connectivity index (χ2n) is 4.06. The van der Waals surface area contributed by atoms with Crippen LogP contribution in [0.2, 0.25) is 5.02 Å². The van der Waals surface area contributed by atoms with E-state index < -0.39 is 10.9 Å². The van der Waals surface area contributed by atoms with Gasteiger partial charge in [0.05, 0.1) is 22.6 Å². The van der Waals surface area contributed by atoms with Crippen molar-refractivity contribution in [3.05, 3.63) is 38.7 Å². The van der Waals surface area contributed by atoms with Gasteiger partial charge < -0.3 is 10.6 Å². The lowest BCUT2D eigenvalue weighted by Crippen LogP contribution is -2.11. The molecule has 0 aliphatic heterocycles. The molecule has 0 saturated heterocycles. The first-order chi connectivity index (χ1) is 10.3. The van der Waals surface area contributed by atoms with E-state index in [9.17, 15) is 14.9 Å². The Bertz CT molecular complexity index is 763. The summed E-state index contributed by atoms with van der Waals surface area (Å²) < 4.78 is 5.71. The average molecular weight is 344 g/mol. The van der Waals surface area contributed by atoms with Gasteiger partial charge in [0.15, 0.2) is 0 Å². The highest BCUT2D eigenvalue weighted by Gasteiger charge is 2.24. The Hall–Kier alpha value is -2.33. The van der Waals surface area contributed by atoms with Crippen LogP contribution in [0.3, 0.4) is 0 Å². The number of methoxy groups -OCH3 is 1. The normalized spacial score (nSPS) is 10.5. The number of esters is 1. The smallest absolute Gasteiger partial charge is 0.338 e. The molecule has 22 heavy (non-hydrogen) atoms. The molecule has 1 aromatic heterocycles. The molecule has 9 nitrogen and oxygen atoms in total. The minimum atomic E-state index is -0.723. The van der Waals surface area contributed by atoms with Crippen molar-refractivity contribution < 1.29 is 14.5 Å². The molecule has 0 aliphatic rings. The summed E-state index contributed by atoms with van der Waals surface area (Å²) in [5.74, 6) is 5.42. The van der Waals surface area contributed by atoms with Crippen molar-refractivity contribution in [2.75, 3.05) is 13.0 Å². The molecular formula is C11H10ClN5O4S. The van der Waals surface area contributed by atoms with Gasteiger partial charge in [0.25, 0.3) is 5.69 Å².